The van der Waals surface area contributed by atoms with Gasteiger partial charge in [0.1, 0.15) is 22.1 Å². The molecule has 0 aliphatic carbocycles. The number of nitrogens with zero attached hydrogens (tertiary/aromatic N) is 2. The fourth-order valence-corrected chi connectivity index (χ4v) is 8.43. The molecule has 0 spiro atoms. The zero-order valence-electron chi connectivity index (χ0n) is 22.1. The van der Waals surface area contributed by atoms with Crippen LogP contribution < -0.4 is 9.47 Å². The normalized spacial score (nSPS) is 21.1. The van der Waals surface area contributed by atoms with E-state index in [-0.39, 0.29) is 17.2 Å². The van der Waals surface area contributed by atoms with Crippen molar-refractivity contribution >= 4 is 33.6 Å². The van der Waals surface area contributed by atoms with E-state index in [4.69, 9.17) is 9.47 Å². The number of likely N-dealkylation sites (tertiary alicyclic amines) is 1. The quantitative estimate of drug-likeness (QED) is 0.380. The Morgan fingerprint density at radius 1 is 0.900 bits per heavy atom. The number of ether oxygens (including phenoxy) is 2. The van der Waals surface area contributed by atoms with Crippen LogP contribution in [-0.2, 0) is 19.6 Å². The summed E-state index contributed by atoms with van der Waals surface area (Å²) < 4.78 is 51.7. The smallest absolute Gasteiger partial charge is 0.267 e. The summed E-state index contributed by atoms with van der Waals surface area (Å²) in [6, 6.07) is 16.9. The Kier molecular flexibility index (Phi) is 7.78. The molecule has 0 aromatic heterocycles. The predicted octanol–water partition coefficient (Wildman–Crippen LogP) is 4.66. The molecular formula is C29H29FN2O6S2. The fourth-order valence-electron chi connectivity index (χ4n) is 5.29. The lowest BCUT2D eigenvalue weighted by Gasteiger charge is -2.38. The third-order valence-electron chi connectivity index (χ3n) is 7.25. The van der Waals surface area contributed by atoms with E-state index in [1.807, 2.05) is 0 Å². The van der Waals surface area contributed by atoms with E-state index < -0.39 is 32.5 Å². The number of thioether (sulfide) groups is 1. The first-order valence-corrected chi connectivity index (χ1v) is 15.0. The second kappa shape index (κ2) is 11.1. The highest BCUT2D eigenvalue weighted by molar-refractivity contribution is 8.01. The standard InChI is InChI=1S/C29H29FN2O6S2/c1-37-22-9-5-20(6-10-22)27-29(28(34)31-17-3-4-18-31,39-24-13-11-23(38-2)12-14-24)19-26(33)32(27)40(35,36)25-15-7-21(30)8-16-25/h5-16,27H,3-4,17-19H2,1-2H3/t27-,29-/m1/s1. The largest absolute Gasteiger partial charge is 0.497 e. The van der Waals surface area contributed by atoms with Crippen LogP contribution in [0, 0.1) is 5.82 Å². The van der Waals surface area contributed by atoms with Crippen LogP contribution in [0.25, 0.3) is 0 Å². The number of amides is 2. The minimum absolute atomic E-state index is 0.236. The molecule has 11 heteroatoms. The lowest BCUT2D eigenvalue weighted by atomic mass is 9.91. The second-order valence-electron chi connectivity index (χ2n) is 9.67. The number of benzene rings is 3. The maximum Gasteiger partial charge on any atom is 0.267 e. The molecule has 2 amide bonds. The summed E-state index contributed by atoms with van der Waals surface area (Å²) in [6.07, 6.45) is 1.32. The summed E-state index contributed by atoms with van der Waals surface area (Å²) in [7, 11) is -1.40. The van der Waals surface area contributed by atoms with Crippen LogP contribution in [0.3, 0.4) is 0 Å². The summed E-state index contributed by atoms with van der Waals surface area (Å²) in [5.41, 5.74) is 0.464. The SMILES string of the molecule is COc1ccc(S[C@]2(C(=O)N3CCCC3)CC(=O)N(S(=O)(=O)c3ccc(F)cc3)[C@@H]2c2ccc(OC)cc2)cc1. The Morgan fingerprint density at radius 3 is 2.00 bits per heavy atom. The summed E-state index contributed by atoms with van der Waals surface area (Å²) in [5.74, 6) is -0.443. The van der Waals surface area contributed by atoms with Gasteiger partial charge in [-0.05, 0) is 79.1 Å². The van der Waals surface area contributed by atoms with Gasteiger partial charge in [0.15, 0.2) is 0 Å². The maximum atomic E-state index is 14.4. The molecule has 3 aromatic rings. The zero-order chi connectivity index (χ0) is 28.5. The third-order valence-corrected chi connectivity index (χ3v) is 10.5. The second-order valence-corrected chi connectivity index (χ2v) is 12.9. The van der Waals surface area contributed by atoms with Crippen molar-refractivity contribution in [3.8, 4) is 11.5 Å². The van der Waals surface area contributed by atoms with E-state index in [0.29, 0.717) is 35.0 Å². The average Bonchev–Trinajstić information content (AvgIpc) is 3.60. The minimum atomic E-state index is -4.47. The molecule has 210 valence electrons. The molecule has 40 heavy (non-hydrogen) atoms. The summed E-state index contributed by atoms with van der Waals surface area (Å²) in [4.78, 5) is 30.4. The van der Waals surface area contributed by atoms with Crippen LogP contribution in [0.4, 0.5) is 4.39 Å². The molecule has 2 aliphatic heterocycles. The van der Waals surface area contributed by atoms with Gasteiger partial charge in [-0.15, -0.1) is 11.8 Å². The van der Waals surface area contributed by atoms with Crippen LogP contribution in [0.2, 0.25) is 0 Å². The van der Waals surface area contributed by atoms with Gasteiger partial charge in [-0.2, -0.15) is 0 Å². The van der Waals surface area contributed by atoms with Crippen LogP contribution in [0.15, 0.2) is 82.6 Å². The van der Waals surface area contributed by atoms with E-state index in [0.717, 1.165) is 41.4 Å². The minimum Gasteiger partial charge on any atom is -0.497 e. The van der Waals surface area contributed by atoms with Crippen molar-refractivity contribution in [3.63, 3.8) is 0 Å². The molecule has 2 saturated heterocycles. The van der Waals surface area contributed by atoms with Gasteiger partial charge in [-0.3, -0.25) is 9.59 Å². The van der Waals surface area contributed by atoms with Crippen LogP contribution in [0.5, 0.6) is 11.5 Å². The van der Waals surface area contributed by atoms with Gasteiger partial charge in [0.2, 0.25) is 11.8 Å². The van der Waals surface area contributed by atoms with Gasteiger partial charge < -0.3 is 14.4 Å². The highest BCUT2D eigenvalue weighted by atomic mass is 32.2. The predicted molar refractivity (Wildman–Crippen MR) is 148 cm³/mol. The van der Waals surface area contributed by atoms with E-state index in [2.05, 4.69) is 0 Å². The number of carbonyl (C=O) groups is 2. The molecule has 0 bridgehead atoms. The zero-order valence-corrected chi connectivity index (χ0v) is 23.7. The van der Waals surface area contributed by atoms with Gasteiger partial charge in [0, 0.05) is 18.0 Å². The number of halogens is 1. The number of rotatable bonds is 8. The summed E-state index contributed by atoms with van der Waals surface area (Å²) >= 11 is 1.18. The van der Waals surface area contributed by atoms with Gasteiger partial charge in [0.05, 0.1) is 31.6 Å². The first-order chi connectivity index (χ1) is 19.2. The summed E-state index contributed by atoms with van der Waals surface area (Å²) in [6.45, 7) is 1.05. The van der Waals surface area contributed by atoms with Gasteiger partial charge in [0.25, 0.3) is 10.0 Å². The monoisotopic (exact) mass is 584 g/mol. The van der Waals surface area contributed by atoms with Crippen LogP contribution >= 0.6 is 11.8 Å². The number of methoxy groups -OCH3 is 2. The molecule has 2 atom stereocenters. The molecule has 2 fully saturated rings. The fraction of sp³-hybridized carbons (Fsp3) is 0.310. The molecule has 0 unspecified atom stereocenters. The van der Waals surface area contributed by atoms with Crippen molar-refractivity contribution in [2.24, 2.45) is 0 Å². The Morgan fingerprint density at radius 2 is 1.45 bits per heavy atom. The van der Waals surface area contributed by atoms with E-state index >= 15 is 0 Å². The first-order valence-electron chi connectivity index (χ1n) is 12.8. The number of sulfonamides is 1. The van der Waals surface area contributed by atoms with Crippen molar-refractivity contribution in [1.29, 1.82) is 0 Å². The molecule has 0 N–H and O–H groups in total. The van der Waals surface area contributed by atoms with Crippen molar-refractivity contribution in [2.45, 2.75) is 39.8 Å². The van der Waals surface area contributed by atoms with Gasteiger partial charge in [-0.25, -0.2) is 17.1 Å². The number of carbonyl (C=O) groups excluding carboxylic acids is 2. The molecule has 0 radical (unpaired) electrons. The van der Waals surface area contributed by atoms with Gasteiger partial charge >= 0.3 is 0 Å². The Labute approximate surface area is 237 Å². The van der Waals surface area contributed by atoms with Crippen molar-refractivity contribution in [1.82, 2.24) is 9.21 Å². The van der Waals surface area contributed by atoms with Gasteiger partial charge in [-0.1, -0.05) is 12.1 Å². The van der Waals surface area contributed by atoms with E-state index in [9.17, 15) is 22.4 Å². The molecular weight excluding hydrogens is 555 g/mol. The van der Waals surface area contributed by atoms with Crippen LogP contribution in [0.1, 0.15) is 30.9 Å². The number of hydrogen-bond acceptors (Lipinski definition) is 7. The Bertz CT molecular complexity index is 1490. The molecule has 0 saturated carbocycles. The Balaban J connectivity index is 1.71. The van der Waals surface area contributed by atoms with Crippen molar-refractivity contribution in [3.05, 3.63) is 84.2 Å². The average molecular weight is 585 g/mol. The van der Waals surface area contributed by atoms with E-state index in [1.54, 1.807) is 60.5 Å². The lowest BCUT2D eigenvalue weighted by Crippen LogP contribution is -2.50. The first kappa shape index (κ1) is 28.0. The molecule has 5 rings (SSSR count). The topological polar surface area (TPSA) is 93.2 Å². The summed E-state index contributed by atoms with van der Waals surface area (Å²) in [5, 5.41) is 0. The molecule has 8 nitrogen and oxygen atoms in total. The highest BCUT2D eigenvalue weighted by Gasteiger charge is 2.62. The molecule has 2 aliphatic rings. The highest BCUT2D eigenvalue weighted by Crippen LogP contribution is 2.55. The lowest BCUT2D eigenvalue weighted by molar-refractivity contribution is -0.133. The molecule has 3 aromatic carbocycles. The molecule has 2 heterocycles. The van der Waals surface area contributed by atoms with E-state index in [1.165, 1.54) is 18.9 Å². The number of hydrogen-bond donors (Lipinski definition) is 0. The van der Waals surface area contributed by atoms with Crippen molar-refractivity contribution < 1.29 is 31.9 Å². The maximum absolute atomic E-state index is 14.4. The van der Waals surface area contributed by atoms with Crippen LogP contribution in [-0.4, -0.2) is 61.5 Å². The Hall–Kier alpha value is -3.57. The van der Waals surface area contributed by atoms with Crippen molar-refractivity contribution in [2.75, 3.05) is 27.3 Å². The third kappa shape index (κ3) is 5.03.